The van der Waals surface area contributed by atoms with E-state index >= 15 is 0 Å². The van der Waals surface area contributed by atoms with Gasteiger partial charge in [-0.2, -0.15) is 5.10 Å². The maximum Gasteiger partial charge on any atom is 0.267 e. The molecule has 22 heavy (non-hydrogen) atoms. The maximum absolute atomic E-state index is 12.4. The van der Waals surface area contributed by atoms with Gasteiger partial charge >= 0.3 is 0 Å². The van der Waals surface area contributed by atoms with E-state index in [2.05, 4.69) is 10.4 Å². The number of hydrogen-bond donors (Lipinski definition) is 1. The van der Waals surface area contributed by atoms with Gasteiger partial charge in [0.25, 0.3) is 11.5 Å². The van der Waals surface area contributed by atoms with Crippen LogP contribution in [0.4, 0.5) is 0 Å². The normalized spacial score (nSPS) is 21.5. The second-order valence-corrected chi connectivity index (χ2v) is 5.44. The second-order valence-electron chi connectivity index (χ2n) is 5.44. The lowest BCUT2D eigenvalue weighted by molar-refractivity contribution is -0.162. The Balaban J connectivity index is 2.11. The first-order valence-corrected chi connectivity index (χ1v) is 7.04. The third-order valence-electron chi connectivity index (χ3n) is 3.62. The fourth-order valence-electron chi connectivity index (χ4n) is 2.38. The van der Waals surface area contributed by atoms with Crippen molar-refractivity contribution in [3.8, 4) is 0 Å². The molecule has 1 aliphatic heterocycles. The second kappa shape index (κ2) is 6.27. The van der Waals surface area contributed by atoms with E-state index in [0.29, 0.717) is 12.2 Å². The number of likely N-dealkylation sites (N-methyl/N-ethyl adjacent to an activating group) is 1. The van der Waals surface area contributed by atoms with Gasteiger partial charge in [0.15, 0.2) is 5.60 Å². The molecule has 2 heterocycles. The molecule has 1 saturated heterocycles. The van der Waals surface area contributed by atoms with Crippen LogP contribution in [-0.2, 0) is 20.9 Å². The molecule has 1 fully saturated rings. The van der Waals surface area contributed by atoms with Crippen LogP contribution in [0.15, 0.2) is 16.9 Å². The van der Waals surface area contributed by atoms with Crippen LogP contribution in [0.5, 0.6) is 0 Å². The van der Waals surface area contributed by atoms with Crippen molar-refractivity contribution in [2.24, 2.45) is 0 Å². The number of amides is 2. The van der Waals surface area contributed by atoms with Crippen LogP contribution in [0.3, 0.4) is 0 Å². The lowest BCUT2D eigenvalue weighted by Crippen LogP contribution is -2.59. The highest BCUT2D eigenvalue weighted by Gasteiger charge is 2.40. The summed E-state index contributed by atoms with van der Waals surface area (Å²) in [5.74, 6) is -0.547. The standard InChI is InChI=1S/C14H20N4O4/c1-10-4-5-11(19)18(16-10)8-12(20)17-6-7-22-14(2,9-17)13(21)15-3/h4-5H,6-9H2,1-3H3,(H,15,21). The number of nitrogens with zero attached hydrogens (tertiary/aromatic N) is 3. The lowest BCUT2D eigenvalue weighted by Gasteiger charge is -2.39. The molecule has 2 rings (SSSR count). The van der Waals surface area contributed by atoms with E-state index in [1.807, 2.05) is 0 Å². The lowest BCUT2D eigenvalue weighted by atomic mass is 10.0. The zero-order chi connectivity index (χ0) is 16.3. The number of aryl methyl sites for hydroxylation is 1. The molecule has 0 saturated carbocycles. The number of nitrogens with one attached hydrogen (secondary N) is 1. The van der Waals surface area contributed by atoms with E-state index in [1.165, 1.54) is 18.0 Å². The zero-order valence-electron chi connectivity index (χ0n) is 13.0. The van der Waals surface area contributed by atoms with Gasteiger partial charge in [0.2, 0.25) is 5.91 Å². The smallest absolute Gasteiger partial charge is 0.267 e. The van der Waals surface area contributed by atoms with Crippen molar-refractivity contribution in [3.63, 3.8) is 0 Å². The average Bonchev–Trinajstić information content (AvgIpc) is 2.50. The first-order chi connectivity index (χ1) is 10.4. The van der Waals surface area contributed by atoms with Crippen molar-refractivity contribution in [1.82, 2.24) is 20.0 Å². The van der Waals surface area contributed by atoms with E-state index in [9.17, 15) is 14.4 Å². The molecule has 1 aromatic rings. The minimum atomic E-state index is -1.08. The van der Waals surface area contributed by atoms with Gasteiger partial charge in [-0.25, -0.2) is 4.68 Å². The van der Waals surface area contributed by atoms with Gasteiger partial charge in [0, 0.05) is 19.7 Å². The molecular weight excluding hydrogens is 288 g/mol. The van der Waals surface area contributed by atoms with Crippen molar-refractivity contribution >= 4 is 11.8 Å². The minimum absolute atomic E-state index is 0.145. The molecular formula is C14H20N4O4. The Labute approximate surface area is 128 Å². The highest BCUT2D eigenvalue weighted by Crippen LogP contribution is 2.18. The molecule has 1 unspecified atom stereocenters. The minimum Gasteiger partial charge on any atom is -0.362 e. The molecule has 2 amide bonds. The molecule has 0 bridgehead atoms. The molecule has 0 radical (unpaired) electrons. The average molecular weight is 308 g/mol. The summed E-state index contributed by atoms with van der Waals surface area (Å²) in [4.78, 5) is 37.5. The number of hydrogen-bond acceptors (Lipinski definition) is 5. The van der Waals surface area contributed by atoms with Crippen molar-refractivity contribution in [3.05, 3.63) is 28.2 Å². The van der Waals surface area contributed by atoms with Gasteiger partial charge in [0.1, 0.15) is 6.54 Å². The predicted molar refractivity (Wildman–Crippen MR) is 78.2 cm³/mol. The van der Waals surface area contributed by atoms with Crippen LogP contribution in [-0.4, -0.2) is 58.8 Å². The van der Waals surface area contributed by atoms with Crippen molar-refractivity contribution in [2.75, 3.05) is 26.7 Å². The Morgan fingerprint density at radius 1 is 1.45 bits per heavy atom. The molecule has 1 aromatic heterocycles. The van der Waals surface area contributed by atoms with Crippen molar-refractivity contribution in [2.45, 2.75) is 26.0 Å². The Morgan fingerprint density at radius 2 is 2.18 bits per heavy atom. The molecule has 0 aromatic carbocycles. The van der Waals surface area contributed by atoms with Gasteiger partial charge < -0.3 is 15.0 Å². The summed E-state index contributed by atoms with van der Waals surface area (Å²) in [5.41, 5.74) is -0.751. The molecule has 1 N–H and O–H groups in total. The van der Waals surface area contributed by atoms with Crippen LogP contribution in [0.25, 0.3) is 0 Å². The SMILES string of the molecule is CNC(=O)C1(C)CN(C(=O)Cn2nc(C)ccc2=O)CCO1. The summed E-state index contributed by atoms with van der Waals surface area (Å²) in [5, 5.41) is 6.57. The fourth-order valence-corrected chi connectivity index (χ4v) is 2.38. The molecule has 1 aliphatic rings. The Morgan fingerprint density at radius 3 is 2.86 bits per heavy atom. The first kappa shape index (κ1) is 16.2. The van der Waals surface area contributed by atoms with Gasteiger partial charge in [-0.3, -0.25) is 14.4 Å². The Bertz CT molecular complexity index is 642. The molecule has 1 atom stereocenters. The number of carbonyl (C=O) groups excluding carboxylic acids is 2. The fraction of sp³-hybridized carbons (Fsp3) is 0.571. The van der Waals surface area contributed by atoms with E-state index in [1.54, 1.807) is 19.9 Å². The van der Waals surface area contributed by atoms with Crippen molar-refractivity contribution in [1.29, 1.82) is 0 Å². The van der Waals surface area contributed by atoms with Gasteiger partial charge in [-0.15, -0.1) is 0 Å². The Hall–Kier alpha value is -2.22. The third-order valence-corrected chi connectivity index (χ3v) is 3.62. The molecule has 0 spiro atoms. The quantitative estimate of drug-likeness (QED) is 0.766. The van der Waals surface area contributed by atoms with Crippen molar-refractivity contribution < 1.29 is 14.3 Å². The van der Waals surface area contributed by atoms with Gasteiger partial charge in [-0.1, -0.05) is 0 Å². The van der Waals surface area contributed by atoms with Crippen LogP contribution >= 0.6 is 0 Å². The number of aromatic nitrogens is 2. The largest absolute Gasteiger partial charge is 0.362 e. The van der Waals surface area contributed by atoms with E-state index in [0.717, 1.165) is 4.68 Å². The van der Waals surface area contributed by atoms with E-state index < -0.39 is 5.60 Å². The summed E-state index contributed by atoms with van der Waals surface area (Å²) in [6.45, 7) is 4.04. The Kier molecular flexibility index (Phi) is 4.60. The molecule has 120 valence electrons. The zero-order valence-corrected chi connectivity index (χ0v) is 13.0. The summed E-state index contributed by atoms with van der Waals surface area (Å²) >= 11 is 0. The van der Waals surface area contributed by atoms with Gasteiger partial charge in [0.05, 0.1) is 18.8 Å². The van der Waals surface area contributed by atoms with E-state index in [-0.39, 0.29) is 37.1 Å². The molecule has 8 heteroatoms. The number of ether oxygens (including phenoxy) is 1. The van der Waals surface area contributed by atoms with Crippen LogP contribution in [0.1, 0.15) is 12.6 Å². The molecule has 0 aliphatic carbocycles. The highest BCUT2D eigenvalue weighted by molar-refractivity contribution is 5.86. The summed E-state index contributed by atoms with van der Waals surface area (Å²) < 4.78 is 6.63. The van der Waals surface area contributed by atoms with Crippen LogP contribution in [0.2, 0.25) is 0 Å². The van der Waals surface area contributed by atoms with E-state index in [4.69, 9.17) is 4.74 Å². The number of morpholine rings is 1. The van der Waals surface area contributed by atoms with Crippen LogP contribution < -0.4 is 10.9 Å². The predicted octanol–water partition coefficient (Wildman–Crippen LogP) is -1.08. The summed E-state index contributed by atoms with van der Waals surface area (Å²) in [6.07, 6.45) is 0. The monoisotopic (exact) mass is 308 g/mol. The number of rotatable bonds is 3. The van der Waals surface area contributed by atoms with Gasteiger partial charge in [-0.05, 0) is 19.9 Å². The number of carbonyl (C=O) groups is 2. The summed E-state index contributed by atoms with van der Waals surface area (Å²) in [6, 6.07) is 2.98. The first-order valence-electron chi connectivity index (χ1n) is 7.04. The highest BCUT2D eigenvalue weighted by atomic mass is 16.5. The topological polar surface area (TPSA) is 93.5 Å². The third kappa shape index (κ3) is 3.33. The molecule has 8 nitrogen and oxygen atoms in total. The van der Waals surface area contributed by atoms with Crippen LogP contribution in [0, 0.1) is 6.92 Å². The summed E-state index contributed by atoms with van der Waals surface area (Å²) in [7, 11) is 1.52. The maximum atomic E-state index is 12.4.